The molecule has 2 aromatic carbocycles. The first kappa shape index (κ1) is 32.5. The lowest BCUT2D eigenvalue weighted by molar-refractivity contribution is 0.0944. The van der Waals surface area contributed by atoms with Crippen LogP contribution in [0.2, 0.25) is 0 Å². The number of halogens is 2. The van der Waals surface area contributed by atoms with Gasteiger partial charge in [0, 0.05) is 46.1 Å². The number of aliphatic imine (C=N–C) groups is 2. The zero-order valence-electron chi connectivity index (χ0n) is 22.1. The third kappa shape index (κ3) is 8.62. The summed E-state index contributed by atoms with van der Waals surface area (Å²) in [4.78, 5) is 51.7. The van der Waals surface area contributed by atoms with E-state index >= 15 is 0 Å². The van der Waals surface area contributed by atoms with Crippen LogP contribution < -0.4 is 33.2 Å². The third-order valence-electron chi connectivity index (χ3n) is 5.70. The minimum atomic E-state index is -0.349. The van der Waals surface area contributed by atoms with Gasteiger partial charge in [-0.15, -0.1) is 24.8 Å². The molecule has 218 valence electrons. The maximum Gasteiger partial charge on any atom is 0.272 e. The molecule has 0 aliphatic carbocycles. The molecule has 0 radical (unpaired) electrons. The van der Waals surface area contributed by atoms with Gasteiger partial charge in [0.15, 0.2) is 5.96 Å². The van der Waals surface area contributed by atoms with Crippen LogP contribution in [0.25, 0.3) is 21.8 Å². The molecule has 0 fully saturated rings. The summed E-state index contributed by atoms with van der Waals surface area (Å²) in [6.07, 6.45) is 0. The summed E-state index contributed by atoms with van der Waals surface area (Å²) in [5, 5.41) is 9.85. The zero-order chi connectivity index (χ0) is 27.9. The fourth-order valence-corrected chi connectivity index (χ4v) is 3.88. The highest BCUT2D eigenvalue weighted by Crippen LogP contribution is 2.22. The van der Waals surface area contributed by atoms with Crippen molar-refractivity contribution in [2.45, 2.75) is 6.92 Å². The first-order valence-electron chi connectivity index (χ1n) is 12.1. The second kappa shape index (κ2) is 14.6. The predicted octanol–water partition coefficient (Wildman–Crippen LogP) is 1.86. The molecule has 0 atom stereocenters. The van der Waals surface area contributed by atoms with E-state index in [1.165, 1.54) is 0 Å². The van der Waals surface area contributed by atoms with Crippen molar-refractivity contribution in [1.29, 1.82) is 0 Å². The van der Waals surface area contributed by atoms with Gasteiger partial charge in [-0.25, -0.2) is 0 Å². The maximum absolute atomic E-state index is 12.9. The number of amidine groups is 1. The van der Waals surface area contributed by atoms with E-state index in [0.717, 1.165) is 10.9 Å². The average Bonchev–Trinajstić information content (AvgIpc) is 3.52. The Morgan fingerprint density at radius 3 is 1.93 bits per heavy atom. The van der Waals surface area contributed by atoms with Gasteiger partial charge in [-0.2, -0.15) is 0 Å². The lowest BCUT2D eigenvalue weighted by Gasteiger charge is -2.03. The summed E-state index contributed by atoms with van der Waals surface area (Å²) in [7, 11) is 0. The molecule has 4 aromatic rings. The fraction of sp³-hybridized carbons (Fsp3) is 0.192. The third-order valence-corrected chi connectivity index (χ3v) is 5.70. The number of H-pyrrole nitrogens is 2. The number of amides is 3. The van der Waals surface area contributed by atoms with E-state index in [0.29, 0.717) is 52.5 Å². The second-order valence-electron chi connectivity index (χ2n) is 8.77. The van der Waals surface area contributed by atoms with Crippen LogP contribution >= 0.6 is 24.8 Å². The molecule has 0 saturated carbocycles. The molecule has 0 aliphatic rings. The lowest BCUT2D eigenvalue weighted by atomic mass is 10.1. The van der Waals surface area contributed by atoms with Crippen LogP contribution in [-0.4, -0.2) is 65.7 Å². The van der Waals surface area contributed by atoms with Gasteiger partial charge >= 0.3 is 0 Å². The van der Waals surface area contributed by atoms with Gasteiger partial charge < -0.3 is 43.1 Å². The van der Waals surface area contributed by atoms with Gasteiger partial charge in [0.2, 0.25) is 0 Å². The summed E-state index contributed by atoms with van der Waals surface area (Å²) in [6, 6.07) is 13.8. The number of fused-ring (bicyclic) bond motifs is 2. The Hall–Kier alpha value is -4.75. The Morgan fingerprint density at radius 1 is 0.732 bits per heavy atom. The van der Waals surface area contributed by atoms with E-state index in [-0.39, 0.29) is 61.6 Å². The Bertz CT molecular complexity index is 1600. The van der Waals surface area contributed by atoms with Crippen molar-refractivity contribution >= 4 is 81.8 Å². The molecule has 0 spiro atoms. The number of aromatic nitrogens is 2. The van der Waals surface area contributed by atoms with Crippen LogP contribution in [0.5, 0.6) is 0 Å². The highest BCUT2D eigenvalue weighted by Gasteiger charge is 2.14. The van der Waals surface area contributed by atoms with Crippen LogP contribution in [0, 0.1) is 0 Å². The smallest absolute Gasteiger partial charge is 0.272 e. The SMILES string of the molecule is CC(N)=NCCNC(=O)c1cc2cc(NC(=O)c3cc4cc(C(=O)NCCN=C(N)N)ccc4[nH]3)ccc2[nH]1.Cl.Cl. The van der Waals surface area contributed by atoms with Crippen molar-refractivity contribution in [1.82, 2.24) is 20.6 Å². The molecule has 2 heterocycles. The summed E-state index contributed by atoms with van der Waals surface area (Å²) in [6.45, 7) is 3.01. The second-order valence-corrected chi connectivity index (χ2v) is 8.77. The summed E-state index contributed by atoms with van der Waals surface area (Å²) in [5.41, 5.74) is 19.2. The van der Waals surface area contributed by atoms with Gasteiger partial charge in [0.05, 0.1) is 18.9 Å². The summed E-state index contributed by atoms with van der Waals surface area (Å²) in [5.74, 6) is -0.465. The van der Waals surface area contributed by atoms with E-state index in [2.05, 4.69) is 35.9 Å². The van der Waals surface area contributed by atoms with E-state index in [4.69, 9.17) is 17.2 Å². The van der Waals surface area contributed by atoms with Crippen molar-refractivity contribution in [2.75, 3.05) is 31.5 Å². The number of anilines is 1. The molecule has 0 bridgehead atoms. The molecule has 2 aromatic heterocycles. The number of nitrogens with two attached hydrogens (primary N) is 3. The predicted molar refractivity (Wildman–Crippen MR) is 167 cm³/mol. The Morgan fingerprint density at radius 2 is 1.29 bits per heavy atom. The molecule has 3 amide bonds. The molecule has 0 saturated heterocycles. The van der Waals surface area contributed by atoms with Crippen molar-refractivity contribution in [3.63, 3.8) is 0 Å². The molecule has 41 heavy (non-hydrogen) atoms. The molecule has 13 nitrogen and oxygen atoms in total. The van der Waals surface area contributed by atoms with Crippen molar-refractivity contribution in [2.24, 2.45) is 27.2 Å². The quantitative estimate of drug-likeness (QED) is 0.0767. The van der Waals surface area contributed by atoms with Gasteiger partial charge in [-0.05, 0) is 55.5 Å². The number of carbonyl (C=O) groups excluding carboxylic acids is 3. The van der Waals surface area contributed by atoms with E-state index < -0.39 is 0 Å². The first-order valence-corrected chi connectivity index (χ1v) is 12.1. The van der Waals surface area contributed by atoms with Crippen molar-refractivity contribution in [3.8, 4) is 0 Å². The number of hydrogen-bond donors (Lipinski definition) is 8. The minimum absolute atomic E-state index is 0. The highest BCUT2D eigenvalue weighted by molar-refractivity contribution is 6.08. The Balaban J connectivity index is 0.00000294. The Kier molecular flexibility index (Phi) is 11.5. The van der Waals surface area contributed by atoms with Crippen LogP contribution in [0.4, 0.5) is 5.69 Å². The van der Waals surface area contributed by atoms with Gasteiger partial charge in [-0.3, -0.25) is 24.4 Å². The van der Waals surface area contributed by atoms with Crippen molar-refractivity contribution < 1.29 is 14.4 Å². The fourth-order valence-electron chi connectivity index (χ4n) is 3.88. The minimum Gasteiger partial charge on any atom is -0.388 e. The molecular weight excluding hydrogens is 571 g/mol. The summed E-state index contributed by atoms with van der Waals surface area (Å²) < 4.78 is 0. The van der Waals surface area contributed by atoms with Crippen LogP contribution in [0.15, 0.2) is 58.5 Å². The van der Waals surface area contributed by atoms with Gasteiger partial charge in [-0.1, -0.05) is 0 Å². The first-order chi connectivity index (χ1) is 18.7. The number of benzene rings is 2. The maximum atomic E-state index is 12.9. The zero-order valence-corrected chi connectivity index (χ0v) is 23.7. The number of guanidine groups is 1. The molecule has 15 heteroatoms. The van der Waals surface area contributed by atoms with E-state index in [9.17, 15) is 14.4 Å². The number of rotatable bonds is 10. The lowest BCUT2D eigenvalue weighted by Crippen LogP contribution is -2.28. The molecular formula is C26H32Cl2N10O3. The number of nitrogens with zero attached hydrogens (tertiary/aromatic N) is 2. The average molecular weight is 604 g/mol. The van der Waals surface area contributed by atoms with Crippen LogP contribution in [0.1, 0.15) is 38.3 Å². The largest absolute Gasteiger partial charge is 0.388 e. The number of hydrogen-bond acceptors (Lipinski definition) is 5. The van der Waals surface area contributed by atoms with E-state index in [1.807, 2.05) is 0 Å². The number of carbonyl (C=O) groups is 3. The van der Waals surface area contributed by atoms with Crippen LogP contribution in [-0.2, 0) is 0 Å². The molecule has 4 rings (SSSR count). The molecule has 0 unspecified atom stereocenters. The number of aromatic amines is 2. The number of nitrogens with one attached hydrogen (secondary N) is 5. The Labute approximate surface area is 247 Å². The van der Waals surface area contributed by atoms with E-state index in [1.54, 1.807) is 55.5 Å². The standard InChI is InChI=1S/C26H30N10O3.2ClH/c1-14(27)30-6-7-32-24(38)21-13-17-11-18(3-5-20(17)35-21)34-25(39)22-12-16-10-15(2-4-19(16)36-22)23(37)31-8-9-33-26(28)29;;/h2-5,10-13,35-36H,6-9H2,1H3,(H2,27,30)(H,31,37)(H,32,38)(H,34,39)(H4,28,29,33);2*1H. The summed E-state index contributed by atoms with van der Waals surface area (Å²) >= 11 is 0. The molecule has 0 aliphatic heterocycles. The molecule has 11 N–H and O–H groups in total. The van der Waals surface area contributed by atoms with Gasteiger partial charge in [0.25, 0.3) is 17.7 Å². The monoisotopic (exact) mass is 602 g/mol. The van der Waals surface area contributed by atoms with Crippen molar-refractivity contribution in [3.05, 3.63) is 65.5 Å². The topological polar surface area (TPSA) is 222 Å². The highest BCUT2D eigenvalue weighted by atomic mass is 35.5. The normalized spacial score (nSPS) is 10.8. The van der Waals surface area contributed by atoms with Gasteiger partial charge in [0.1, 0.15) is 11.4 Å². The van der Waals surface area contributed by atoms with Crippen LogP contribution in [0.3, 0.4) is 0 Å².